The zero-order chi connectivity index (χ0) is 11.6. The third kappa shape index (κ3) is 3.32. The van der Waals surface area contributed by atoms with Gasteiger partial charge in [0.05, 0.1) is 6.04 Å². The van der Waals surface area contributed by atoms with E-state index in [0.717, 1.165) is 0 Å². The molecule has 0 aliphatic rings. The molecule has 0 saturated carbocycles. The molecule has 1 aromatic heterocycles. The fourth-order valence-corrected chi connectivity index (χ4v) is 0.893. The van der Waals surface area contributed by atoms with Gasteiger partial charge in [-0.05, 0) is 27.7 Å². The Kier molecular flexibility index (Phi) is 3.09. The molecule has 1 unspecified atom stereocenters. The number of carbonyl (C=O) groups excluding carboxylic acids is 1. The minimum Gasteiger partial charge on any atom is -0.454 e. The third-order valence-corrected chi connectivity index (χ3v) is 1.52. The lowest BCUT2D eigenvalue weighted by Gasteiger charge is -2.17. The number of hydrogen-bond acceptors (Lipinski definition) is 5. The Morgan fingerprint density at radius 3 is 2.53 bits per heavy atom. The summed E-state index contributed by atoms with van der Waals surface area (Å²) in [4.78, 5) is 15.4. The summed E-state index contributed by atoms with van der Waals surface area (Å²) < 4.78 is 5.09. The van der Waals surface area contributed by atoms with Crippen LogP contribution < -0.4 is 5.73 Å². The van der Waals surface area contributed by atoms with Crippen LogP contribution in [0.15, 0.2) is 0 Å². The molecular formula is C9H16N4O2. The molecule has 6 nitrogen and oxygen atoms in total. The SMILES string of the molecule is CC(N)c1nc(C(=O)OC(C)(C)C)n[nH]1. The number of hydrogen-bond donors (Lipinski definition) is 2. The van der Waals surface area contributed by atoms with Crippen molar-refractivity contribution in [3.8, 4) is 0 Å². The van der Waals surface area contributed by atoms with Crippen LogP contribution in [-0.2, 0) is 4.74 Å². The summed E-state index contributed by atoms with van der Waals surface area (Å²) in [6.07, 6.45) is 0. The number of nitrogens with zero attached hydrogens (tertiary/aromatic N) is 2. The van der Waals surface area contributed by atoms with Crippen LogP contribution >= 0.6 is 0 Å². The second-order valence-corrected chi connectivity index (χ2v) is 4.33. The first kappa shape index (κ1) is 11.6. The van der Waals surface area contributed by atoms with E-state index in [4.69, 9.17) is 10.5 Å². The molecule has 0 bridgehead atoms. The number of nitrogens with two attached hydrogens (primary N) is 1. The summed E-state index contributed by atoms with van der Waals surface area (Å²) in [5, 5.41) is 6.32. The number of aromatic nitrogens is 3. The highest BCUT2D eigenvalue weighted by Gasteiger charge is 2.21. The highest BCUT2D eigenvalue weighted by Crippen LogP contribution is 2.10. The molecule has 0 fully saturated rings. The molecule has 0 aromatic carbocycles. The predicted octanol–water partition coefficient (Wildman–Crippen LogP) is 0.780. The molecule has 1 atom stereocenters. The summed E-state index contributed by atoms with van der Waals surface area (Å²) in [7, 11) is 0. The van der Waals surface area contributed by atoms with Gasteiger partial charge < -0.3 is 10.5 Å². The summed E-state index contributed by atoms with van der Waals surface area (Å²) in [5.74, 6) is -0.0706. The number of aromatic amines is 1. The second kappa shape index (κ2) is 3.98. The molecule has 0 amide bonds. The average Bonchev–Trinajstić information content (AvgIpc) is 2.47. The fourth-order valence-electron chi connectivity index (χ4n) is 0.893. The summed E-state index contributed by atoms with van der Waals surface area (Å²) in [5.41, 5.74) is 5.02. The zero-order valence-electron chi connectivity index (χ0n) is 9.37. The van der Waals surface area contributed by atoms with E-state index in [9.17, 15) is 4.79 Å². The average molecular weight is 212 g/mol. The number of esters is 1. The highest BCUT2D eigenvalue weighted by molar-refractivity contribution is 5.85. The van der Waals surface area contributed by atoms with Crippen molar-refractivity contribution in [3.63, 3.8) is 0 Å². The first-order chi connectivity index (χ1) is 6.79. The normalized spacial score (nSPS) is 13.7. The monoisotopic (exact) mass is 212 g/mol. The molecule has 0 aliphatic heterocycles. The van der Waals surface area contributed by atoms with Gasteiger partial charge in [0.1, 0.15) is 11.4 Å². The van der Waals surface area contributed by atoms with Crippen LogP contribution in [0.1, 0.15) is 50.2 Å². The second-order valence-electron chi connectivity index (χ2n) is 4.33. The lowest BCUT2D eigenvalue weighted by Crippen LogP contribution is -2.24. The van der Waals surface area contributed by atoms with E-state index in [0.29, 0.717) is 5.82 Å². The molecule has 6 heteroatoms. The first-order valence-electron chi connectivity index (χ1n) is 4.71. The largest absolute Gasteiger partial charge is 0.454 e. The van der Waals surface area contributed by atoms with Gasteiger partial charge in [0.2, 0.25) is 0 Å². The van der Waals surface area contributed by atoms with E-state index in [-0.39, 0.29) is 11.9 Å². The Morgan fingerprint density at radius 1 is 1.53 bits per heavy atom. The Hall–Kier alpha value is -1.43. The maximum atomic E-state index is 11.5. The predicted molar refractivity (Wildman–Crippen MR) is 54.2 cm³/mol. The van der Waals surface area contributed by atoms with Crippen LogP contribution in [0.2, 0.25) is 0 Å². The van der Waals surface area contributed by atoms with Crippen LogP contribution in [0.4, 0.5) is 0 Å². The number of ether oxygens (including phenoxy) is 1. The van der Waals surface area contributed by atoms with Crippen molar-refractivity contribution in [2.45, 2.75) is 39.3 Å². The van der Waals surface area contributed by atoms with Crippen molar-refractivity contribution in [2.24, 2.45) is 5.73 Å². The van der Waals surface area contributed by atoms with Gasteiger partial charge in [-0.1, -0.05) is 0 Å². The molecule has 3 N–H and O–H groups in total. The maximum absolute atomic E-state index is 11.5. The van der Waals surface area contributed by atoms with E-state index < -0.39 is 11.6 Å². The van der Waals surface area contributed by atoms with Gasteiger partial charge in [-0.25, -0.2) is 9.78 Å². The van der Waals surface area contributed by atoms with Crippen molar-refractivity contribution in [3.05, 3.63) is 11.6 Å². The Balaban J connectivity index is 2.75. The minimum absolute atomic E-state index is 0.0113. The fraction of sp³-hybridized carbons (Fsp3) is 0.667. The lowest BCUT2D eigenvalue weighted by atomic mass is 10.2. The van der Waals surface area contributed by atoms with Gasteiger partial charge in [-0.15, -0.1) is 5.10 Å². The highest BCUT2D eigenvalue weighted by atomic mass is 16.6. The molecule has 0 aliphatic carbocycles. The standard InChI is InChI=1S/C9H16N4O2/c1-5(10)6-11-7(13-12-6)8(14)15-9(2,3)4/h5H,10H2,1-4H3,(H,11,12,13). The third-order valence-electron chi connectivity index (χ3n) is 1.52. The Morgan fingerprint density at radius 2 is 2.13 bits per heavy atom. The summed E-state index contributed by atoms with van der Waals surface area (Å²) >= 11 is 0. The van der Waals surface area contributed by atoms with Crippen LogP contribution in [0.5, 0.6) is 0 Å². The molecule has 0 spiro atoms. The zero-order valence-corrected chi connectivity index (χ0v) is 9.37. The van der Waals surface area contributed by atoms with E-state index in [1.54, 1.807) is 27.7 Å². The summed E-state index contributed by atoms with van der Waals surface area (Å²) in [6, 6.07) is -0.284. The van der Waals surface area contributed by atoms with Crippen molar-refractivity contribution in [1.29, 1.82) is 0 Å². The van der Waals surface area contributed by atoms with Crippen molar-refractivity contribution < 1.29 is 9.53 Å². The summed E-state index contributed by atoms with van der Waals surface area (Å²) in [6.45, 7) is 7.09. The van der Waals surface area contributed by atoms with Crippen LogP contribution in [0.25, 0.3) is 0 Å². The van der Waals surface area contributed by atoms with Gasteiger partial charge in [-0.2, -0.15) is 0 Å². The van der Waals surface area contributed by atoms with E-state index in [1.807, 2.05) is 0 Å². The van der Waals surface area contributed by atoms with Gasteiger partial charge in [-0.3, -0.25) is 5.10 Å². The van der Waals surface area contributed by atoms with Crippen molar-refractivity contribution in [1.82, 2.24) is 15.2 Å². The molecular weight excluding hydrogens is 196 g/mol. The molecule has 84 valence electrons. The topological polar surface area (TPSA) is 93.9 Å². The smallest absolute Gasteiger partial charge is 0.378 e. The molecule has 0 saturated heterocycles. The van der Waals surface area contributed by atoms with E-state index >= 15 is 0 Å². The van der Waals surface area contributed by atoms with E-state index in [2.05, 4.69) is 15.2 Å². The molecule has 1 aromatic rings. The first-order valence-corrected chi connectivity index (χ1v) is 4.71. The van der Waals surface area contributed by atoms with Crippen LogP contribution in [0, 0.1) is 0 Å². The quantitative estimate of drug-likeness (QED) is 0.706. The number of nitrogens with one attached hydrogen (secondary N) is 1. The molecule has 1 heterocycles. The number of carbonyl (C=O) groups is 1. The van der Waals surface area contributed by atoms with Crippen molar-refractivity contribution in [2.75, 3.05) is 0 Å². The van der Waals surface area contributed by atoms with Gasteiger partial charge in [0, 0.05) is 0 Å². The molecule has 1 rings (SSSR count). The Labute approximate surface area is 88.2 Å². The maximum Gasteiger partial charge on any atom is 0.378 e. The van der Waals surface area contributed by atoms with E-state index in [1.165, 1.54) is 0 Å². The molecule has 0 radical (unpaired) electrons. The number of rotatable bonds is 2. The number of H-pyrrole nitrogens is 1. The van der Waals surface area contributed by atoms with Gasteiger partial charge >= 0.3 is 5.97 Å². The van der Waals surface area contributed by atoms with Crippen LogP contribution in [0.3, 0.4) is 0 Å². The van der Waals surface area contributed by atoms with Gasteiger partial charge in [0.15, 0.2) is 0 Å². The molecule has 15 heavy (non-hydrogen) atoms. The lowest BCUT2D eigenvalue weighted by molar-refractivity contribution is 0.00560. The van der Waals surface area contributed by atoms with Crippen molar-refractivity contribution >= 4 is 5.97 Å². The van der Waals surface area contributed by atoms with Crippen LogP contribution in [-0.4, -0.2) is 26.8 Å². The van der Waals surface area contributed by atoms with Gasteiger partial charge in [0.25, 0.3) is 5.82 Å². The minimum atomic E-state index is -0.550. The Bertz CT molecular complexity index is 351.